The molecule has 0 saturated carbocycles. The molecule has 2 amide bonds. The average molecular weight is 346 g/mol. The molecule has 9 heteroatoms. The highest BCUT2D eigenvalue weighted by Crippen LogP contribution is 2.22. The standard InChI is InChI=1S/C16H19FN6O2/c17-11-3-1-10(2-4-11)15-21-20-14-9-22(7-8-23(14)15)16(25)12(18)5-6-13(19)24/h1-4,12H,5-9,18H2,(H2,19,24)/t12-/m0/s1. The first-order valence-corrected chi connectivity index (χ1v) is 7.96. The van der Waals surface area contributed by atoms with Crippen LogP contribution in [-0.4, -0.2) is 44.1 Å². The lowest BCUT2D eigenvalue weighted by molar-refractivity contribution is -0.134. The number of hydrogen-bond acceptors (Lipinski definition) is 5. The topological polar surface area (TPSA) is 120 Å². The minimum Gasteiger partial charge on any atom is -0.370 e. The van der Waals surface area contributed by atoms with Gasteiger partial charge in [0.15, 0.2) is 11.6 Å². The number of amides is 2. The number of aromatic nitrogens is 3. The number of nitrogens with zero attached hydrogens (tertiary/aromatic N) is 4. The van der Waals surface area contributed by atoms with Crippen LogP contribution in [0.1, 0.15) is 18.7 Å². The molecule has 1 aliphatic rings. The molecule has 0 aliphatic carbocycles. The maximum Gasteiger partial charge on any atom is 0.239 e. The number of nitrogens with two attached hydrogens (primary N) is 2. The summed E-state index contributed by atoms with van der Waals surface area (Å²) >= 11 is 0. The minimum atomic E-state index is -0.765. The molecular weight excluding hydrogens is 327 g/mol. The molecule has 0 spiro atoms. The number of carbonyl (C=O) groups excluding carboxylic acids is 2. The summed E-state index contributed by atoms with van der Waals surface area (Å²) in [6.45, 7) is 1.27. The van der Waals surface area contributed by atoms with E-state index >= 15 is 0 Å². The lowest BCUT2D eigenvalue weighted by Crippen LogP contribution is -2.47. The molecule has 8 nitrogen and oxygen atoms in total. The molecule has 0 unspecified atom stereocenters. The second kappa shape index (κ2) is 6.98. The third kappa shape index (κ3) is 3.66. The Labute approximate surface area is 143 Å². The molecule has 132 valence electrons. The largest absolute Gasteiger partial charge is 0.370 e. The predicted molar refractivity (Wildman–Crippen MR) is 87.2 cm³/mol. The third-order valence-corrected chi connectivity index (χ3v) is 4.19. The van der Waals surface area contributed by atoms with Gasteiger partial charge in [-0.1, -0.05) is 0 Å². The summed E-state index contributed by atoms with van der Waals surface area (Å²) in [5.41, 5.74) is 11.7. The van der Waals surface area contributed by atoms with Gasteiger partial charge in [0.05, 0.1) is 12.6 Å². The van der Waals surface area contributed by atoms with Crippen molar-refractivity contribution in [3.05, 3.63) is 35.9 Å². The summed E-state index contributed by atoms with van der Waals surface area (Å²) in [6, 6.07) is 5.26. The number of fused-ring (bicyclic) bond motifs is 1. The van der Waals surface area contributed by atoms with Crippen molar-refractivity contribution < 1.29 is 14.0 Å². The zero-order chi connectivity index (χ0) is 18.0. The van der Waals surface area contributed by atoms with Crippen LogP contribution < -0.4 is 11.5 Å². The smallest absolute Gasteiger partial charge is 0.239 e. The van der Waals surface area contributed by atoms with Crippen molar-refractivity contribution in [1.82, 2.24) is 19.7 Å². The van der Waals surface area contributed by atoms with Gasteiger partial charge < -0.3 is 20.9 Å². The normalized spacial score (nSPS) is 14.9. The molecule has 1 aromatic heterocycles. The number of hydrogen-bond donors (Lipinski definition) is 2. The minimum absolute atomic E-state index is 0.0750. The number of halogens is 1. The van der Waals surface area contributed by atoms with Crippen molar-refractivity contribution in [2.45, 2.75) is 32.0 Å². The molecule has 25 heavy (non-hydrogen) atoms. The van der Waals surface area contributed by atoms with E-state index in [1.54, 1.807) is 17.0 Å². The van der Waals surface area contributed by atoms with E-state index in [1.807, 2.05) is 4.57 Å². The second-order valence-electron chi connectivity index (χ2n) is 5.97. The van der Waals surface area contributed by atoms with Crippen LogP contribution in [0.5, 0.6) is 0 Å². The second-order valence-corrected chi connectivity index (χ2v) is 5.97. The van der Waals surface area contributed by atoms with Gasteiger partial charge in [-0.15, -0.1) is 10.2 Å². The molecule has 0 saturated heterocycles. The van der Waals surface area contributed by atoms with Gasteiger partial charge >= 0.3 is 0 Å². The molecule has 2 heterocycles. The first-order valence-electron chi connectivity index (χ1n) is 7.96. The fourth-order valence-electron chi connectivity index (χ4n) is 2.81. The van der Waals surface area contributed by atoms with Gasteiger partial charge in [-0.05, 0) is 30.7 Å². The maximum atomic E-state index is 13.1. The van der Waals surface area contributed by atoms with Crippen LogP contribution in [0.4, 0.5) is 4.39 Å². The van der Waals surface area contributed by atoms with Crippen molar-refractivity contribution in [3.63, 3.8) is 0 Å². The van der Waals surface area contributed by atoms with Crippen LogP contribution in [0.3, 0.4) is 0 Å². The maximum absolute atomic E-state index is 13.1. The molecule has 2 aromatic rings. The molecular formula is C16H19FN6O2. The van der Waals surface area contributed by atoms with Crippen LogP contribution in [0, 0.1) is 5.82 Å². The van der Waals surface area contributed by atoms with Crippen molar-refractivity contribution in [1.29, 1.82) is 0 Å². The first-order chi connectivity index (χ1) is 12.0. The van der Waals surface area contributed by atoms with Crippen molar-refractivity contribution in [2.24, 2.45) is 11.5 Å². The Kier molecular flexibility index (Phi) is 4.75. The molecule has 4 N–H and O–H groups in total. The van der Waals surface area contributed by atoms with E-state index < -0.39 is 11.9 Å². The Balaban J connectivity index is 1.71. The van der Waals surface area contributed by atoms with Gasteiger partial charge in [0.1, 0.15) is 5.82 Å². The van der Waals surface area contributed by atoms with Crippen molar-refractivity contribution in [2.75, 3.05) is 6.54 Å². The van der Waals surface area contributed by atoms with E-state index in [4.69, 9.17) is 11.5 Å². The lowest BCUT2D eigenvalue weighted by atomic mass is 10.1. The average Bonchev–Trinajstić information content (AvgIpc) is 3.02. The molecule has 0 fully saturated rings. The van der Waals surface area contributed by atoms with Gasteiger partial charge in [0.25, 0.3) is 0 Å². The van der Waals surface area contributed by atoms with Gasteiger partial charge in [-0.2, -0.15) is 0 Å². The molecule has 1 aromatic carbocycles. The zero-order valence-corrected chi connectivity index (χ0v) is 13.6. The fourth-order valence-corrected chi connectivity index (χ4v) is 2.81. The predicted octanol–water partition coefficient (Wildman–Crippen LogP) is 0.0192. The van der Waals surface area contributed by atoms with E-state index in [9.17, 15) is 14.0 Å². The summed E-state index contributed by atoms with van der Waals surface area (Å²) in [4.78, 5) is 24.8. The zero-order valence-electron chi connectivity index (χ0n) is 13.6. The first kappa shape index (κ1) is 17.0. The Morgan fingerprint density at radius 2 is 1.92 bits per heavy atom. The Bertz CT molecular complexity index is 788. The Morgan fingerprint density at radius 3 is 2.60 bits per heavy atom. The van der Waals surface area contributed by atoms with Gasteiger partial charge in [0.2, 0.25) is 11.8 Å². The van der Waals surface area contributed by atoms with Gasteiger partial charge in [-0.25, -0.2) is 4.39 Å². The number of rotatable bonds is 5. The SMILES string of the molecule is NC(=O)CC[C@H](N)C(=O)N1CCn2c(nnc2-c2ccc(F)cc2)C1. The molecule has 0 radical (unpaired) electrons. The van der Waals surface area contributed by atoms with Crippen molar-refractivity contribution in [3.8, 4) is 11.4 Å². The van der Waals surface area contributed by atoms with E-state index in [0.29, 0.717) is 24.7 Å². The Morgan fingerprint density at radius 1 is 1.20 bits per heavy atom. The summed E-state index contributed by atoms with van der Waals surface area (Å²) in [5.74, 6) is 0.245. The number of carbonyl (C=O) groups is 2. The van der Waals surface area contributed by atoms with Crippen molar-refractivity contribution >= 4 is 11.8 Å². The highest BCUT2D eigenvalue weighted by atomic mass is 19.1. The summed E-state index contributed by atoms with van der Waals surface area (Å²) in [7, 11) is 0. The molecule has 3 rings (SSSR count). The molecule has 0 bridgehead atoms. The highest BCUT2D eigenvalue weighted by Gasteiger charge is 2.28. The Hall–Kier alpha value is -2.81. The van der Waals surface area contributed by atoms with Gasteiger partial charge in [0, 0.05) is 25.1 Å². The van der Waals surface area contributed by atoms with Crippen LogP contribution in [0.15, 0.2) is 24.3 Å². The van der Waals surface area contributed by atoms with Crippen LogP contribution in [0.25, 0.3) is 11.4 Å². The quantitative estimate of drug-likeness (QED) is 0.791. The summed E-state index contributed by atoms with van der Waals surface area (Å²) in [6.07, 6.45) is 0.295. The van der Waals surface area contributed by atoms with E-state index in [-0.39, 0.29) is 31.1 Å². The van der Waals surface area contributed by atoms with E-state index in [1.165, 1.54) is 12.1 Å². The van der Waals surface area contributed by atoms with Crippen LogP contribution in [-0.2, 0) is 22.7 Å². The molecule has 1 aliphatic heterocycles. The van der Waals surface area contributed by atoms with E-state index in [0.717, 1.165) is 5.56 Å². The summed E-state index contributed by atoms with van der Waals surface area (Å²) < 4.78 is 15.0. The monoisotopic (exact) mass is 346 g/mol. The lowest BCUT2D eigenvalue weighted by Gasteiger charge is -2.29. The van der Waals surface area contributed by atoms with Gasteiger partial charge in [-0.3, -0.25) is 9.59 Å². The third-order valence-electron chi connectivity index (χ3n) is 4.19. The molecule has 1 atom stereocenters. The fraction of sp³-hybridized carbons (Fsp3) is 0.375. The van der Waals surface area contributed by atoms with Crippen LogP contribution >= 0.6 is 0 Å². The summed E-state index contributed by atoms with van der Waals surface area (Å²) in [5, 5.41) is 8.29. The van der Waals surface area contributed by atoms with Crippen LogP contribution in [0.2, 0.25) is 0 Å². The number of primary amides is 1. The van der Waals surface area contributed by atoms with E-state index in [2.05, 4.69) is 10.2 Å². The highest BCUT2D eigenvalue weighted by molar-refractivity contribution is 5.82. The number of benzene rings is 1.